The first-order valence-electron chi connectivity index (χ1n) is 9.69. The Balaban J connectivity index is 1.64. The molecule has 3 rings (SSSR count). The highest BCUT2D eigenvalue weighted by Crippen LogP contribution is 2.29. The Labute approximate surface area is 177 Å². The molecule has 162 valence electrons. The Hall–Kier alpha value is -3.82. The number of nitrogens with zero attached hydrogens (tertiary/aromatic N) is 2. The average Bonchev–Trinajstić information content (AvgIpc) is 3.14. The molecule has 1 aliphatic rings. The highest BCUT2D eigenvalue weighted by Gasteiger charge is 2.35. The number of halogens is 1. The van der Waals surface area contributed by atoms with E-state index >= 15 is 0 Å². The molecule has 0 spiro atoms. The van der Waals surface area contributed by atoms with Gasteiger partial charge in [-0.1, -0.05) is 12.1 Å². The molecule has 3 amide bonds. The van der Waals surface area contributed by atoms with Crippen LogP contribution < -0.4 is 15.5 Å². The lowest BCUT2D eigenvalue weighted by molar-refractivity contribution is -0.387. The monoisotopic (exact) mass is 428 g/mol. The smallest absolute Gasteiger partial charge is 0.306 e. The van der Waals surface area contributed by atoms with Crippen molar-refractivity contribution >= 4 is 29.1 Å². The van der Waals surface area contributed by atoms with Crippen molar-refractivity contribution in [2.24, 2.45) is 5.92 Å². The molecular formula is C21H21FN4O5. The standard InChI is InChI=1S/C21H21FN4O5/c1-2-23-20(28)14-5-3-4-13(8-14)11-24-21(29)15-9-19(27)25(12-15)16-6-7-17(22)18(10-16)26(30)31/h3-8,10,15H,2,9,11-12H2,1H3,(H,23,28)(H,24,29). The van der Waals surface area contributed by atoms with Crippen LogP contribution in [0.15, 0.2) is 42.5 Å². The van der Waals surface area contributed by atoms with Gasteiger partial charge in [0, 0.05) is 37.7 Å². The molecule has 1 atom stereocenters. The summed E-state index contributed by atoms with van der Waals surface area (Å²) in [5, 5.41) is 16.4. The van der Waals surface area contributed by atoms with Crippen molar-refractivity contribution < 1.29 is 23.7 Å². The number of rotatable bonds is 7. The Kier molecular flexibility index (Phi) is 6.58. The summed E-state index contributed by atoms with van der Waals surface area (Å²) in [5.74, 6) is -2.58. The van der Waals surface area contributed by atoms with Gasteiger partial charge in [-0.15, -0.1) is 0 Å². The van der Waals surface area contributed by atoms with Gasteiger partial charge in [0.1, 0.15) is 0 Å². The zero-order valence-corrected chi connectivity index (χ0v) is 16.8. The van der Waals surface area contributed by atoms with Crippen molar-refractivity contribution in [1.29, 1.82) is 0 Å². The fourth-order valence-corrected chi connectivity index (χ4v) is 3.36. The number of carbonyl (C=O) groups is 3. The quantitative estimate of drug-likeness (QED) is 0.517. The highest BCUT2D eigenvalue weighted by molar-refractivity contribution is 6.00. The van der Waals surface area contributed by atoms with Crippen LogP contribution in [0.25, 0.3) is 0 Å². The summed E-state index contributed by atoms with van der Waals surface area (Å²) in [7, 11) is 0. The van der Waals surface area contributed by atoms with E-state index in [0.29, 0.717) is 12.1 Å². The van der Waals surface area contributed by atoms with Crippen molar-refractivity contribution in [2.75, 3.05) is 18.0 Å². The molecule has 1 aliphatic heterocycles. The number of nitro groups is 1. The van der Waals surface area contributed by atoms with Crippen molar-refractivity contribution in [2.45, 2.75) is 19.9 Å². The van der Waals surface area contributed by atoms with Crippen molar-refractivity contribution in [3.05, 3.63) is 69.5 Å². The summed E-state index contributed by atoms with van der Waals surface area (Å²) >= 11 is 0. The van der Waals surface area contributed by atoms with Crippen LogP contribution in [0.1, 0.15) is 29.3 Å². The van der Waals surface area contributed by atoms with E-state index in [9.17, 15) is 28.9 Å². The molecular weight excluding hydrogens is 407 g/mol. The molecule has 0 bridgehead atoms. The lowest BCUT2D eigenvalue weighted by atomic mass is 10.1. The van der Waals surface area contributed by atoms with Gasteiger partial charge in [-0.05, 0) is 36.8 Å². The maximum Gasteiger partial charge on any atom is 0.306 e. The highest BCUT2D eigenvalue weighted by atomic mass is 19.1. The van der Waals surface area contributed by atoms with Gasteiger partial charge in [0.05, 0.1) is 16.5 Å². The second kappa shape index (κ2) is 9.33. The molecule has 1 unspecified atom stereocenters. The molecule has 2 N–H and O–H groups in total. The van der Waals surface area contributed by atoms with E-state index < -0.39 is 22.3 Å². The van der Waals surface area contributed by atoms with E-state index in [2.05, 4.69) is 10.6 Å². The van der Waals surface area contributed by atoms with E-state index in [-0.39, 0.29) is 42.9 Å². The molecule has 1 fully saturated rings. The summed E-state index contributed by atoms with van der Waals surface area (Å²) < 4.78 is 13.6. The number of nitro benzene ring substituents is 1. The molecule has 2 aromatic rings. The molecule has 31 heavy (non-hydrogen) atoms. The summed E-state index contributed by atoms with van der Waals surface area (Å²) in [6.45, 7) is 2.53. The summed E-state index contributed by atoms with van der Waals surface area (Å²) in [5.41, 5.74) is 0.648. The van der Waals surface area contributed by atoms with Gasteiger partial charge in [0.15, 0.2) is 0 Å². The minimum Gasteiger partial charge on any atom is -0.352 e. The summed E-state index contributed by atoms with van der Waals surface area (Å²) in [6.07, 6.45) is -0.0596. The lowest BCUT2D eigenvalue weighted by Crippen LogP contribution is -2.32. The SMILES string of the molecule is CCNC(=O)c1cccc(CNC(=O)C2CC(=O)N(c3ccc(F)c([N+](=O)[O-])c3)C2)c1. The third-order valence-corrected chi connectivity index (χ3v) is 4.93. The molecule has 0 aliphatic carbocycles. The normalized spacial score (nSPS) is 15.6. The van der Waals surface area contributed by atoms with Crippen LogP contribution >= 0.6 is 0 Å². The average molecular weight is 428 g/mol. The van der Waals surface area contributed by atoms with E-state index in [0.717, 1.165) is 17.7 Å². The molecule has 0 aromatic heterocycles. The molecule has 1 saturated heterocycles. The van der Waals surface area contributed by atoms with E-state index in [1.54, 1.807) is 24.3 Å². The van der Waals surface area contributed by atoms with Crippen LogP contribution in [0, 0.1) is 21.8 Å². The van der Waals surface area contributed by atoms with Crippen LogP contribution in [0.5, 0.6) is 0 Å². The van der Waals surface area contributed by atoms with Crippen LogP contribution in [-0.4, -0.2) is 35.7 Å². The van der Waals surface area contributed by atoms with Gasteiger partial charge in [-0.3, -0.25) is 24.5 Å². The lowest BCUT2D eigenvalue weighted by Gasteiger charge is -2.16. The number of anilines is 1. The predicted octanol–water partition coefficient (Wildman–Crippen LogP) is 2.15. The molecule has 1 heterocycles. The summed E-state index contributed by atoms with van der Waals surface area (Å²) in [6, 6.07) is 10.0. The van der Waals surface area contributed by atoms with Gasteiger partial charge in [-0.2, -0.15) is 4.39 Å². The largest absolute Gasteiger partial charge is 0.352 e. The van der Waals surface area contributed by atoms with Gasteiger partial charge < -0.3 is 15.5 Å². The first-order valence-corrected chi connectivity index (χ1v) is 9.69. The van der Waals surface area contributed by atoms with E-state index in [4.69, 9.17) is 0 Å². The number of benzene rings is 2. The Bertz CT molecular complexity index is 1040. The summed E-state index contributed by atoms with van der Waals surface area (Å²) in [4.78, 5) is 48.2. The first kappa shape index (κ1) is 21.9. The Morgan fingerprint density at radius 2 is 2.00 bits per heavy atom. The van der Waals surface area contributed by atoms with Gasteiger partial charge in [0.2, 0.25) is 17.6 Å². The van der Waals surface area contributed by atoms with E-state index in [1.807, 2.05) is 6.92 Å². The van der Waals surface area contributed by atoms with Crippen molar-refractivity contribution in [3.8, 4) is 0 Å². The minimum atomic E-state index is -0.996. The van der Waals surface area contributed by atoms with Crippen molar-refractivity contribution in [3.63, 3.8) is 0 Å². The third kappa shape index (κ3) is 5.03. The fraction of sp³-hybridized carbons (Fsp3) is 0.286. The third-order valence-electron chi connectivity index (χ3n) is 4.93. The topological polar surface area (TPSA) is 122 Å². The Morgan fingerprint density at radius 3 is 2.71 bits per heavy atom. The van der Waals surface area contributed by atoms with E-state index in [1.165, 1.54) is 11.0 Å². The van der Waals surface area contributed by atoms with Gasteiger partial charge >= 0.3 is 5.69 Å². The first-order chi connectivity index (χ1) is 14.8. The zero-order chi connectivity index (χ0) is 22.5. The molecule has 2 aromatic carbocycles. The van der Waals surface area contributed by atoms with Crippen LogP contribution in [0.4, 0.5) is 15.8 Å². The fourth-order valence-electron chi connectivity index (χ4n) is 3.36. The maximum atomic E-state index is 13.6. The van der Waals surface area contributed by atoms with Gasteiger partial charge in [-0.25, -0.2) is 0 Å². The number of amides is 3. The predicted molar refractivity (Wildman–Crippen MR) is 110 cm³/mol. The van der Waals surface area contributed by atoms with Gasteiger partial charge in [0.25, 0.3) is 5.91 Å². The van der Waals surface area contributed by atoms with Crippen LogP contribution in [0.2, 0.25) is 0 Å². The van der Waals surface area contributed by atoms with Crippen molar-refractivity contribution in [1.82, 2.24) is 10.6 Å². The number of hydrogen-bond acceptors (Lipinski definition) is 5. The molecule has 9 nitrogen and oxygen atoms in total. The molecule has 0 radical (unpaired) electrons. The van der Waals surface area contributed by atoms with Crippen LogP contribution in [-0.2, 0) is 16.1 Å². The number of hydrogen-bond donors (Lipinski definition) is 2. The zero-order valence-electron chi connectivity index (χ0n) is 16.8. The maximum absolute atomic E-state index is 13.6. The second-order valence-corrected chi connectivity index (χ2v) is 7.08. The number of carbonyl (C=O) groups excluding carboxylic acids is 3. The Morgan fingerprint density at radius 1 is 1.23 bits per heavy atom. The molecule has 10 heteroatoms. The van der Waals surface area contributed by atoms with Crippen LogP contribution in [0.3, 0.4) is 0 Å². The number of nitrogens with one attached hydrogen (secondary N) is 2. The molecule has 0 saturated carbocycles. The second-order valence-electron chi connectivity index (χ2n) is 7.08. The minimum absolute atomic E-state index is 0.0341.